The van der Waals surface area contributed by atoms with Gasteiger partial charge in [0.1, 0.15) is 5.84 Å². The second kappa shape index (κ2) is 3.44. The number of amidine groups is 1. The fourth-order valence-electron chi connectivity index (χ4n) is 1.58. The topological polar surface area (TPSA) is 15.6 Å². The van der Waals surface area contributed by atoms with E-state index in [0.717, 1.165) is 18.9 Å². The highest BCUT2D eigenvalue weighted by molar-refractivity contribution is 5.93. The van der Waals surface area contributed by atoms with Gasteiger partial charge in [-0.05, 0) is 25.0 Å². The van der Waals surface area contributed by atoms with E-state index < -0.39 is 0 Å². The Hall–Kier alpha value is -1.23. The Balaban J connectivity index is 2.05. The van der Waals surface area contributed by atoms with E-state index in [0.29, 0.717) is 0 Å². The fourth-order valence-corrected chi connectivity index (χ4v) is 1.58. The molecule has 0 aromatic heterocycles. The SMILES string of the molecule is C1=C=CC(N2CCCCC2)=NC=1. The van der Waals surface area contributed by atoms with Crippen molar-refractivity contribution in [2.75, 3.05) is 13.1 Å². The zero-order chi connectivity index (χ0) is 8.23. The van der Waals surface area contributed by atoms with Crippen molar-refractivity contribution in [2.24, 2.45) is 4.99 Å². The van der Waals surface area contributed by atoms with Crippen LogP contribution < -0.4 is 0 Å². The molecule has 62 valence electrons. The third-order valence-corrected chi connectivity index (χ3v) is 2.23. The first-order chi connectivity index (χ1) is 5.97. The van der Waals surface area contributed by atoms with Gasteiger partial charge in [0.05, 0.1) is 6.20 Å². The van der Waals surface area contributed by atoms with E-state index in [-0.39, 0.29) is 0 Å². The molecule has 0 saturated carbocycles. The molecule has 0 aromatic carbocycles. The number of piperidine rings is 1. The van der Waals surface area contributed by atoms with Crippen molar-refractivity contribution in [1.29, 1.82) is 0 Å². The van der Waals surface area contributed by atoms with Crippen LogP contribution in [0.2, 0.25) is 0 Å². The lowest BCUT2D eigenvalue weighted by atomic mass is 10.1. The molecule has 0 aromatic rings. The molecule has 2 aliphatic heterocycles. The van der Waals surface area contributed by atoms with Gasteiger partial charge in [-0.15, -0.1) is 0 Å². The Kier molecular flexibility index (Phi) is 2.13. The summed E-state index contributed by atoms with van der Waals surface area (Å²) in [5, 5.41) is 0. The first-order valence-electron chi connectivity index (χ1n) is 4.45. The Morgan fingerprint density at radius 2 is 2.00 bits per heavy atom. The number of hydrogen-bond donors (Lipinski definition) is 0. The summed E-state index contributed by atoms with van der Waals surface area (Å²) >= 11 is 0. The van der Waals surface area contributed by atoms with Crippen LogP contribution in [0.3, 0.4) is 0 Å². The lowest BCUT2D eigenvalue weighted by Crippen LogP contribution is -2.34. The molecule has 2 aliphatic rings. The molecule has 1 saturated heterocycles. The van der Waals surface area contributed by atoms with Crippen LogP contribution in [0.4, 0.5) is 0 Å². The lowest BCUT2D eigenvalue weighted by molar-refractivity contribution is 0.343. The van der Waals surface area contributed by atoms with E-state index in [1.54, 1.807) is 6.20 Å². The first kappa shape index (κ1) is 7.42. The van der Waals surface area contributed by atoms with Crippen molar-refractivity contribution >= 4 is 5.84 Å². The van der Waals surface area contributed by atoms with Gasteiger partial charge in [-0.2, -0.15) is 0 Å². The minimum absolute atomic E-state index is 1.05. The number of aliphatic imine (C=N–C) groups is 1. The van der Waals surface area contributed by atoms with Crippen molar-refractivity contribution in [3.05, 3.63) is 23.7 Å². The highest BCUT2D eigenvalue weighted by Gasteiger charge is 2.12. The number of rotatable bonds is 0. The van der Waals surface area contributed by atoms with Crippen LogP contribution in [0, 0.1) is 0 Å². The summed E-state index contributed by atoms with van der Waals surface area (Å²) in [5.41, 5.74) is 5.74. The third kappa shape index (κ3) is 1.50. The molecule has 2 heteroatoms. The van der Waals surface area contributed by atoms with Crippen LogP contribution in [0.25, 0.3) is 0 Å². The average molecular weight is 160 g/mol. The van der Waals surface area contributed by atoms with E-state index in [1.165, 1.54) is 19.3 Å². The van der Waals surface area contributed by atoms with Crippen LogP contribution in [0.5, 0.6) is 0 Å². The van der Waals surface area contributed by atoms with Gasteiger partial charge in [0.15, 0.2) is 0 Å². The van der Waals surface area contributed by atoms with Crippen LogP contribution in [-0.2, 0) is 0 Å². The van der Waals surface area contributed by atoms with Gasteiger partial charge in [0, 0.05) is 19.2 Å². The van der Waals surface area contributed by atoms with Crippen LogP contribution in [0.15, 0.2) is 28.7 Å². The van der Waals surface area contributed by atoms with Crippen molar-refractivity contribution < 1.29 is 0 Å². The quantitative estimate of drug-likeness (QED) is 0.492. The van der Waals surface area contributed by atoms with E-state index in [1.807, 2.05) is 6.08 Å². The molecule has 1 fully saturated rings. The van der Waals surface area contributed by atoms with Gasteiger partial charge in [-0.3, -0.25) is 0 Å². The summed E-state index contributed by atoms with van der Waals surface area (Å²) < 4.78 is 0. The summed E-state index contributed by atoms with van der Waals surface area (Å²) in [6, 6.07) is 0. The maximum Gasteiger partial charge on any atom is 0.137 e. The molecule has 2 nitrogen and oxygen atoms in total. The van der Waals surface area contributed by atoms with Crippen molar-refractivity contribution in [1.82, 2.24) is 4.90 Å². The van der Waals surface area contributed by atoms with Crippen LogP contribution in [-0.4, -0.2) is 23.8 Å². The molecule has 2 heterocycles. The van der Waals surface area contributed by atoms with E-state index in [2.05, 4.69) is 21.4 Å². The largest absolute Gasteiger partial charge is 0.356 e. The molecule has 0 aliphatic carbocycles. The Labute approximate surface area is 72.6 Å². The number of nitrogens with zero attached hydrogens (tertiary/aromatic N) is 2. The van der Waals surface area contributed by atoms with Crippen LogP contribution in [0.1, 0.15) is 19.3 Å². The minimum Gasteiger partial charge on any atom is -0.356 e. The third-order valence-electron chi connectivity index (χ3n) is 2.23. The summed E-state index contributed by atoms with van der Waals surface area (Å²) in [4.78, 5) is 6.55. The van der Waals surface area contributed by atoms with Gasteiger partial charge in [0.2, 0.25) is 0 Å². The van der Waals surface area contributed by atoms with E-state index in [4.69, 9.17) is 0 Å². The van der Waals surface area contributed by atoms with Crippen molar-refractivity contribution in [3.8, 4) is 0 Å². The molecule has 12 heavy (non-hydrogen) atoms. The Morgan fingerprint density at radius 1 is 1.17 bits per heavy atom. The standard InChI is InChI=1S/C10H12N2/c1-4-8-12(9-5-1)10-6-2-3-7-11-10/h6-7H,1,4-5,8-9H2. The maximum atomic E-state index is 4.24. The smallest absolute Gasteiger partial charge is 0.137 e. The Bertz CT molecular complexity index is 283. The monoisotopic (exact) mass is 160 g/mol. The summed E-state index contributed by atoms with van der Waals surface area (Å²) in [5.74, 6) is 1.05. The fraction of sp³-hybridized carbons (Fsp3) is 0.500. The second-order valence-corrected chi connectivity index (χ2v) is 3.10. The normalized spacial score (nSPS) is 21.3. The van der Waals surface area contributed by atoms with Crippen molar-refractivity contribution in [2.45, 2.75) is 19.3 Å². The molecule has 0 amide bonds. The molecule has 2 rings (SSSR count). The number of likely N-dealkylation sites (tertiary alicyclic amines) is 1. The average Bonchev–Trinajstić information content (AvgIpc) is 2.21. The molecule has 0 radical (unpaired) electrons. The highest BCUT2D eigenvalue weighted by Crippen LogP contribution is 2.10. The highest BCUT2D eigenvalue weighted by atomic mass is 15.2. The zero-order valence-electron chi connectivity index (χ0n) is 7.08. The molecule has 0 N–H and O–H groups in total. The van der Waals surface area contributed by atoms with E-state index in [9.17, 15) is 0 Å². The van der Waals surface area contributed by atoms with Crippen LogP contribution >= 0.6 is 0 Å². The molecule has 0 bridgehead atoms. The van der Waals surface area contributed by atoms with E-state index >= 15 is 0 Å². The molecule has 0 unspecified atom stereocenters. The molecular formula is C10H12N2. The minimum atomic E-state index is 1.05. The molecule has 0 spiro atoms. The van der Waals surface area contributed by atoms with Gasteiger partial charge in [0.25, 0.3) is 0 Å². The second-order valence-electron chi connectivity index (χ2n) is 3.10. The first-order valence-corrected chi connectivity index (χ1v) is 4.45. The predicted molar refractivity (Wildman–Crippen MR) is 49.0 cm³/mol. The predicted octanol–water partition coefficient (Wildman–Crippen LogP) is 1.71. The molecule has 0 atom stereocenters. The zero-order valence-corrected chi connectivity index (χ0v) is 7.08. The van der Waals surface area contributed by atoms with Gasteiger partial charge < -0.3 is 4.90 Å². The summed E-state index contributed by atoms with van der Waals surface area (Å²) in [7, 11) is 0. The lowest BCUT2D eigenvalue weighted by Gasteiger charge is -2.27. The number of hydrogen-bond acceptors (Lipinski definition) is 2. The van der Waals surface area contributed by atoms with Gasteiger partial charge in [-0.25, -0.2) is 4.99 Å². The summed E-state index contributed by atoms with van der Waals surface area (Å²) in [6.07, 6.45) is 7.54. The van der Waals surface area contributed by atoms with Gasteiger partial charge >= 0.3 is 0 Å². The Morgan fingerprint density at radius 3 is 2.67 bits per heavy atom. The molecular weight excluding hydrogens is 148 g/mol. The summed E-state index contributed by atoms with van der Waals surface area (Å²) in [6.45, 7) is 2.29. The van der Waals surface area contributed by atoms with Gasteiger partial charge in [-0.1, -0.05) is 5.73 Å². The van der Waals surface area contributed by atoms with Crippen molar-refractivity contribution in [3.63, 3.8) is 0 Å². The maximum absolute atomic E-state index is 4.24.